The second-order valence-electron chi connectivity index (χ2n) is 3.96. The summed E-state index contributed by atoms with van der Waals surface area (Å²) in [6.45, 7) is 0. The summed E-state index contributed by atoms with van der Waals surface area (Å²) >= 11 is 13.4. The average Bonchev–Trinajstić information content (AvgIpc) is 2.81. The molecule has 18 heavy (non-hydrogen) atoms. The van der Waals surface area contributed by atoms with Gasteiger partial charge in [0.1, 0.15) is 5.01 Å². The Labute approximate surface area is 119 Å². The molecule has 0 N–H and O–H groups in total. The second kappa shape index (κ2) is 4.88. The third-order valence-electron chi connectivity index (χ3n) is 2.71. The Balaban J connectivity index is 2.07. The quantitative estimate of drug-likeness (QED) is 0.580. The van der Waals surface area contributed by atoms with E-state index in [0.717, 1.165) is 31.4 Å². The van der Waals surface area contributed by atoms with E-state index in [1.165, 1.54) is 0 Å². The van der Waals surface area contributed by atoms with Gasteiger partial charge in [0.2, 0.25) is 0 Å². The van der Waals surface area contributed by atoms with E-state index < -0.39 is 0 Å². The van der Waals surface area contributed by atoms with Crippen molar-refractivity contribution < 1.29 is 0 Å². The topological polar surface area (TPSA) is 12.9 Å². The molecule has 90 valence electrons. The summed E-state index contributed by atoms with van der Waals surface area (Å²) in [5.74, 6) is 0.537. The number of alkyl halides is 1. The lowest BCUT2D eigenvalue weighted by Crippen LogP contribution is -1.79. The van der Waals surface area contributed by atoms with E-state index in [1.807, 2.05) is 30.3 Å². The predicted molar refractivity (Wildman–Crippen MR) is 79.6 cm³/mol. The van der Waals surface area contributed by atoms with Crippen molar-refractivity contribution >= 4 is 44.8 Å². The van der Waals surface area contributed by atoms with E-state index in [9.17, 15) is 0 Å². The molecule has 0 bridgehead atoms. The van der Waals surface area contributed by atoms with E-state index in [4.69, 9.17) is 23.2 Å². The first-order chi connectivity index (χ1) is 8.76. The Kier molecular flexibility index (Phi) is 3.25. The molecular weight excluding hydrogens is 285 g/mol. The SMILES string of the molecule is ClCc1ccc(-c2nc3ccc(Cl)cc3s2)cc1. The van der Waals surface area contributed by atoms with Crippen molar-refractivity contribution in [1.29, 1.82) is 0 Å². The molecule has 1 aromatic heterocycles. The van der Waals surface area contributed by atoms with Crippen LogP contribution in [-0.2, 0) is 5.88 Å². The van der Waals surface area contributed by atoms with E-state index in [1.54, 1.807) is 11.3 Å². The molecule has 0 atom stereocenters. The highest BCUT2D eigenvalue weighted by Gasteiger charge is 2.06. The summed E-state index contributed by atoms with van der Waals surface area (Å²) < 4.78 is 1.11. The van der Waals surface area contributed by atoms with Crippen LogP contribution >= 0.6 is 34.5 Å². The van der Waals surface area contributed by atoms with Crippen LogP contribution in [0.3, 0.4) is 0 Å². The standard InChI is InChI=1S/C14H9Cl2NS/c15-8-9-1-3-10(4-2-9)14-17-12-6-5-11(16)7-13(12)18-14/h1-7H,8H2. The first-order valence-electron chi connectivity index (χ1n) is 5.47. The fraction of sp³-hybridized carbons (Fsp3) is 0.0714. The number of rotatable bonds is 2. The lowest BCUT2D eigenvalue weighted by molar-refractivity contribution is 1.39. The molecule has 2 aromatic carbocycles. The predicted octanol–water partition coefficient (Wildman–Crippen LogP) is 5.36. The van der Waals surface area contributed by atoms with Gasteiger partial charge in [0.15, 0.2) is 0 Å². The van der Waals surface area contributed by atoms with E-state index >= 15 is 0 Å². The fourth-order valence-corrected chi connectivity index (χ4v) is 3.18. The minimum Gasteiger partial charge on any atom is -0.236 e. The number of aromatic nitrogens is 1. The van der Waals surface area contributed by atoms with Gasteiger partial charge in [-0.1, -0.05) is 35.9 Å². The smallest absolute Gasteiger partial charge is 0.124 e. The molecule has 3 aromatic rings. The summed E-state index contributed by atoms with van der Waals surface area (Å²) in [6, 6.07) is 13.9. The van der Waals surface area contributed by atoms with Crippen LogP contribution in [0.4, 0.5) is 0 Å². The molecule has 0 fully saturated rings. The minimum atomic E-state index is 0.537. The molecule has 0 radical (unpaired) electrons. The van der Waals surface area contributed by atoms with Crippen LogP contribution in [0.5, 0.6) is 0 Å². The number of halogens is 2. The third kappa shape index (κ3) is 2.24. The van der Waals surface area contributed by atoms with Crippen molar-refractivity contribution in [2.75, 3.05) is 0 Å². The van der Waals surface area contributed by atoms with E-state index in [2.05, 4.69) is 17.1 Å². The lowest BCUT2D eigenvalue weighted by atomic mass is 10.2. The van der Waals surface area contributed by atoms with Crippen LogP contribution in [-0.4, -0.2) is 4.98 Å². The molecular formula is C14H9Cl2NS. The molecule has 0 aliphatic heterocycles. The van der Waals surface area contributed by atoms with Crippen LogP contribution in [0.1, 0.15) is 5.56 Å². The normalized spacial score (nSPS) is 11.0. The highest BCUT2D eigenvalue weighted by molar-refractivity contribution is 7.21. The molecule has 0 saturated heterocycles. The summed E-state index contributed by atoms with van der Waals surface area (Å²) in [5.41, 5.74) is 3.21. The van der Waals surface area contributed by atoms with Gasteiger partial charge >= 0.3 is 0 Å². The van der Waals surface area contributed by atoms with Gasteiger partial charge < -0.3 is 0 Å². The van der Waals surface area contributed by atoms with Gasteiger partial charge in [0.05, 0.1) is 10.2 Å². The zero-order valence-electron chi connectivity index (χ0n) is 9.36. The largest absolute Gasteiger partial charge is 0.236 e. The highest BCUT2D eigenvalue weighted by Crippen LogP contribution is 2.31. The maximum absolute atomic E-state index is 5.98. The zero-order valence-corrected chi connectivity index (χ0v) is 11.7. The van der Waals surface area contributed by atoms with Crippen LogP contribution in [0.25, 0.3) is 20.8 Å². The zero-order chi connectivity index (χ0) is 12.5. The van der Waals surface area contributed by atoms with E-state index in [0.29, 0.717) is 5.88 Å². The van der Waals surface area contributed by atoms with Crippen LogP contribution in [0.2, 0.25) is 5.02 Å². The molecule has 0 aliphatic carbocycles. The van der Waals surface area contributed by atoms with Gasteiger partial charge in [-0.05, 0) is 23.8 Å². The monoisotopic (exact) mass is 293 g/mol. The second-order valence-corrected chi connectivity index (χ2v) is 5.70. The molecule has 0 spiro atoms. The average molecular weight is 294 g/mol. The first kappa shape index (κ1) is 12.0. The van der Waals surface area contributed by atoms with Gasteiger partial charge in [0, 0.05) is 16.5 Å². The maximum Gasteiger partial charge on any atom is 0.124 e. The number of benzene rings is 2. The Morgan fingerprint density at radius 1 is 1.06 bits per heavy atom. The first-order valence-corrected chi connectivity index (χ1v) is 7.20. The third-order valence-corrected chi connectivity index (χ3v) is 4.32. The summed E-state index contributed by atoms with van der Waals surface area (Å²) in [5, 5.41) is 1.75. The molecule has 3 rings (SSSR count). The van der Waals surface area contributed by atoms with Gasteiger partial charge in [-0.25, -0.2) is 4.98 Å². The fourth-order valence-electron chi connectivity index (χ4n) is 1.76. The van der Waals surface area contributed by atoms with Crippen molar-refractivity contribution in [2.24, 2.45) is 0 Å². The van der Waals surface area contributed by atoms with E-state index in [-0.39, 0.29) is 0 Å². The Hall–Kier alpha value is -1.09. The van der Waals surface area contributed by atoms with Crippen LogP contribution < -0.4 is 0 Å². The summed E-state index contributed by atoms with van der Waals surface area (Å²) in [4.78, 5) is 4.61. The Morgan fingerprint density at radius 2 is 1.83 bits per heavy atom. The maximum atomic E-state index is 5.98. The Morgan fingerprint density at radius 3 is 2.56 bits per heavy atom. The molecule has 0 aliphatic rings. The van der Waals surface area contributed by atoms with Gasteiger partial charge in [0.25, 0.3) is 0 Å². The highest BCUT2D eigenvalue weighted by atomic mass is 35.5. The number of thiazole rings is 1. The minimum absolute atomic E-state index is 0.537. The Bertz CT molecular complexity index is 689. The molecule has 0 amide bonds. The number of hydrogen-bond acceptors (Lipinski definition) is 2. The van der Waals surface area contributed by atoms with Crippen molar-refractivity contribution in [2.45, 2.75) is 5.88 Å². The van der Waals surface area contributed by atoms with Crippen LogP contribution in [0, 0.1) is 0 Å². The molecule has 0 saturated carbocycles. The van der Waals surface area contributed by atoms with Crippen LogP contribution in [0.15, 0.2) is 42.5 Å². The molecule has 1 heterocycles. The molecule has 4 heteroatoms. The number of nitrogens with zero attached hydrogens (tertiary/aromatic N) is 1. The van der Waals surface area contributed by atoms with Crippen molar-refractivity contribution in [3.05, 3.63) is 53.1 Å². The molecule has 0 unspecified atom stereocenters. The van der Waals surface area contributed by atoms with Gasteiger partial charge in [-0.2, -0.15) is 0 Å². The van der Waals surface area contributed by atoms with Crippen molar-refractivity contribution in [3.8, 4) is 10.6 Å². The summed E-state index contributed by atoms with van der Waals surface area (Å²) in [6.07, 6.45) is 0. The van der Waals surface area contributed by atoms with Crippen molar-refractivity contribution in [3.63, 3.8) is 0 Å². The molecule has 1 nitrogen and oxygen atoms in total. The number of fused-ring (bicyclic) bond motifs is 1. The van der Waals surface area contributed by atoms with Gasteiger partial charge in [-0.15, -0.1) is 22.9 Å². The lowest BCUT2D eigenvalue weighted by Gasteiger charge is -1.97. The number of hydrogen-bond donors (Lipinski definition) is 0. The summed E-state index contributed by atoms with van der Waals surface area (Å²) in [7, 11) is 0. The van der Waals surface area contributed by atoms with Gasteiger partial charge in [-0.3, -0.25) is 0 Å². The van der Waals surface area contributed by atoms with Crippen molar-refractivity contribution in [1.82, 2.24) is 4.98 Å².